The van der Waals surface area contributed by atoms with Gasteiger partial charge < -0.3 is 0 Å². The summed E-state index contributed by atoms with van der Waals surface area (Å²) in [6.45, 7) is 0. The van der Waals surface area contributed by atoms with E-state index in [1.807, 2.05) is 23.4 Å². The third kappa shape index (κ3) is 5.88. The number of benzene rings is 6. The number of fused-ring (bicyclic) bond motifs is 2. The van der Waals surface area contributed by atoms with Crippen LogP contribution in [0.5, 0.6) is 0 Å². The molecular formula is C48H30N4S2. The van der Waals surface area contributed by atoms with Gasteiger partial charge in [0.15, 0.2) is 0 Å². The molecule has 54 heavy (non-hydrogen) atoms. The van der Waals surface area contributed by atoms with Gasteiger partial charge in [-0.25, -0.2) is 9.97 Å². The van der Waals surface area contributed by atoms with Crippen LogP contribution in [-0.2, 0) is 0 Å². The van der Waals surface area contributed by atoms with Gasteiger partial charge in [0.25, 0.3) is 0 Å². The molecule has 0 aliphatic carbocycles. The summed E-state index contributed by atoms with van der Waals surface area (Å²) in [7, 11) is 0. The van der Waals surface area contributed by atoms with Crippen LogP contribution in [0, 0.1) is 0 Å². The van der Waals surface area contributed by atoms with E-state index in [0.29, 0.717) is 0 Å². The molecule has 0 saturated heterocycles. The summed E-state index contributed by atoms with van der Waals surface area (Å²) in [4.78, 5) is 19.2. The van der Waals surface area contributed by atoms with Crippen molar-refractivity contribution in [2.45, 2.75) is 0 Å². The zero-order chi connectivity index (χ0) is 35.8. The second-order valence-corrected chi connectivity index (χ2v) is 14.6. The van der Waals surface area contributed by atoms with Gasteiger partial charge in [-0.2, -0.15) is 0 Å². The van der Waals surface area contributed by atoms with Gasteiger partial charge >= 0.3 is 0 Å². The fourth-order valence-corrected chi connectivity index (χ4v) is 8.52. The minimum Gasteiger partial charge on any atom is -0.256 e. The number of hydrogen-bond donors (Lipinski definition) is 0. The second kappa shape index (κ2) is 13.7. The molecule has 4 heterocycles. The highest BCUT2D eigenvalue weighted by Gasteiger charge is 2.20. The smallest absolute Gasteiger partial charge is 0.0826 e. The topological polar surface area (TPSA) is 51.6 Å². The summed E-state index contributed by atoms with van der Waals surface area (Å²) >= 11 is 3.18. The monoisotopic (exact) mass is 726 g/mol. The summed E-state index contributed by atoms with van der Waals surface area (Å²) < 4.78 is 0. The van der Waals surface area contributed by atoms with E-state index in [1.165, 1.54) is 22.3 Å². The molecule has 0 radical (unpaired) electrons. The Kier molecular flexibility index (Phi) is 8.17. The molecule has 10 aromatic rings. The third-order valence-corrected chi connectivity index (χ3v) is 11.2. The van der Waals surface area contributed by atoms with Gasteiger partial charge in [-0.05, 0) is 103 Å². The maximum atomic E-state index is 5.10. The lowest BCUT2D eigenvalue weighted by molar-refractivity contribution is 1.31. The molecule has 0 spiro atoms. The van der Waals surface area contributed by atoms with Crippen LogP contribution in [0.2, 0.25) is 0 Å². The molecule has 0 amide bonds. The Morgan fingerprint density at radius 3 is 1.20 bits per heavy atom. The van der Waals surface area contributed by atoms with Crippen LogP contribution in [-0.4, -0.2) is 19.9 Å². The Morgan fingerprint density at radius 1 is 0.296 bits per heavy atom. The van der Waals surface area contributed by atoms with Crippen molar-refractivity contribution in [2.75, 3.05) is 0 Å². The molecule has 6 heteroatoms. The summed E-state index contributed by atoms with van der Waals surface area (Å²) in [5.41, 5.74) is 18.6. The van der Waals surface area contributed by atoms with Crippen LogP contribution >= 0.6 is 22.7 Å². The van der Waals surface area contributed by atoms with E-state index in [-0.39, 0.29) is 0 Å². The molecule has 0 atom stereocenters. The van der Waals surface area contributed by atoms with E-state index in [4.69, 9.17) is 9.97 Å². The first kappa shape index (κ1) is 32.1. The predicted molar refractivity (Wildman–Crippen MR) is 226 cm³/mol. The lowest BCUT2D eigenvalue weighted by atomic mass is 9.86. The highest BCUT2D eigenvalue weighted by atomic mass is 32.1. The number of nitrogens with zero attached hydrogens (tertiary/aromatic N) is 4. The van der Waals surface area contributed by atoms with Crippen LogP contribution < -0.4 is 0 Å². The van der Waals surface area contributed by atoms with Crippen molar-refractivity contribution in [3.05, 3.63) is 180 Å². The van der Waals surface area contributed by atoms with Crippen molar-refractivity contribution in [2.24, 2.45) is 0 Å². The number of pyridine rings is 2. The third-order valence-electron chi connectivity index (χ3n) is 10.00. The Labute approximate surface area is 320 Å². The predicted octanol–water partition coefficient (Wildman–Crippen LogP) is 13.4. The molecule has 0 saturated carbocycles. The Bertz CT molecular complexity index is 2830. The van der Waals surface area contributed by atoms with Gasteiger partial charge in [0.1, 0.15) is 0 Å². The molecule has 10 rings (SSSR count). The van der Waals surface area contributed by atoms with Gasteiger partial charge in [-0.1, -0.05) is 97.1 Å². The number of hydrogen-bond acceptors (Lipinski definition) is 6. The summed E-state index contributed by atoms with van der Waals surface area (Å²) in [6.07, 6.45) is 3.88. The fraction of sp³-hybridized carbons (Fsp3) is 0. The molecule has 4 nitrogen and oxygen atoms in total. The van der Waals surface area contributed by atoms with E-state index in [9.17, 15) is 0 Å². The van der Waals surface area contributed by atoms with E-state index in [0.717, 1.165) is 77.7 Å². The highest BCUT2D eigenvalue weighted by molar-refractivity contribution is 7.08. The molecular weight excluding hydrogens is 697 g/mol. The zero-order valence-electron chi connectivity index (χ0n) is 28.9. The van der Waals surface area contributed by atoms with Crippen molar-refractivity contribution in [3.63, 3.8) is 0 Å². The lowest BCUT2D eigenvalue weighted by Gasteiger charge is -2.18. The first-order valence-electron chi connectivity index (χ1n) is 17.7. The molecule has 0 aliphatic heterocycles. The number of thiazole rings is 2. The van der Waals surface area contributed by atoms with Crippen LogP contribution in [0.4, 0.5) is 0 Å². The van der Waals surface area contributed by atoms with E-state index >= 15 is 0 Å². The standard InChI is InChI=1S/C48H30N4S2/c1-3-9-31(10-4-1)36-21-37(32-11-5-2-6-12-32)23-38(22-36)33-15-18-41-42(24-33)48(44-20-17-35(26-50-44)46-28-54-30-52-46)40-14-8-7-13-39(40)47(41)43-19-16-34(25-49-43)45-27-53-29-51-45/h1-30H. The van der Waals surface area contributed by atoms with E-state index < -0.39 is 0 Å². The highest BCUT2D eigenvalue weighted by Crippen LogP contribution is 2.45. The van der Waals surface area contributed by atoms with Gasteiger partial charge in [-0.3, -0.25) is 9.97 Å². The average molecular weight is 727 g/mol. The second-order valence-electron chi connectivity index (χ2n) is 13.2. The summed E-state index contributed by atoms with van der Waals surface area (Å²) in [5, 5.41) is 8.60. The quantitative estimate of drug-likeness (QED) is 0.153. The van der Waals surface area contributed by atoms with Crippen molar-refractivity contribution >= 4 is 44.2 Å². The lowest BCUT2D eigenvalue weighted by Crippen LogP contribution is -1.95. The van der Waals surface area contributed by atoms with Crippen LogP contribution in [0.15, 0.2) is 180 Å². The summed E-state index contributed by atoms with van der Waals surface area (Å²) in [5.74, 6) is 0. The molecule has 0 N–H and O–H groups in total. The molecule has 6 aromatic carbocycles. The van der Waals surface area contributed by atoms with Crippen LogP contribution in [0.25, 0.3) is 100.0 Å². The van der Waals surface area contributed by atoms with Crippen molar-refractivity contribution in [3.8, 4) is 78.4 Å². The number of aromatic nitrogens is 4. The van der Waals surface area contributed by atoms with Crippen molar-refractivity contribution < 1.29 is 0 Å². The first-order chi connectivity index (χ1) is 26.8. The zero-order valence-corrected chi connectivity index (χ0v) is 30.6. The number of rotatable bonds is 7. The van der Waals surface area contributed by atoms with Gasteiger partial charge in [-0.15, -0.1) is 22.7 Å². The summed E-state index contributed by atoms with van der Waals surface area (Å²) in [6, 6.07) is 52.2. The minimum atomic E-state index is 0.911. The molecule has 0 aliphatic rings. The Hall–Kier alpha value is -6.60. The first-order valence-corrected chi connectivity index (χ1v) is 19.6. The SMILES string of the molecule is c1ccc(-c2cc(-c3ccccc3)cc(-c3ccc4c(-c5ccc(-c6cscn6)cn5)c5ccccc5c(-c5ccc(-c6cscn6)cn5)c4c3)c2)cc1. The Balaban J connectivity index is 1.23. The Morgan fingerprint density at radius 2 is 0.741 bits per heavy atom. The molecule has 4 aromatic heterocycles. The normalized spacial score (nSPS) is 11.3. The fourth-order valence-electron chi connectivity index (χ4n) is 7.40. The average Bonchev–Trinajstić information content (AvgIpc) is 4.00. The van der Waals surface area contributed by atoms with Gasteiger partial charge in [0.2, 0.25) is 0 Å². The van der Waals surface area contributed by atoms with Crippen molar-refractivity contribution in [1.82, 2.24) is 19.9 Å². The van der Waals surface area contributed by atoms with Crippen LogP contribution in [0.1, 0.15) is 0 Å². The molecule has 0 unspecified atom stereocenters. The minimum absolute atomic E-state index is 0.911. The van der Waals surface area contributed by atoms with Crippen molar-refractivity contribution in [1.29, 1.82) is 0 Å². The van der Waals surface area contributed by atoms with E-state index in [2.05, 4.69) is 166 Å². The van der Waals surface area contributed by atoms with E-state index in [1.54, 1.807) is 22.7 Å². The largest absolute Gasteiger partial charge is 0.256 e. The van der Waals surface area contributed by atoms with Gasteiger partial charge in [0.05, 0.1) is 33.8 Å². The molecule has 254 valence electrons. The molecule has 0 bridgehead atoms. The maximum absolute atomic E-state index is 5.10. The maximum Gasteiger partial charge on any atom is 0.0826 e. The molecule has 0 fully saturated rings. The van der Waals surface area contributed by atoms with Crippen LogP contribution in [0.3, 0.4) is 0 Å². The van der Waals surface area contributed by atoms with Gasteiger partial charge in [0, 0.05) is 45.4 Å².